The van der Waals surface area contributed by atoms with Crippen LogP contribution in [-0.4, -0.2) is 28.3 Å². The topological polar surface area (TPSA) is 55.6 Å². The van der Waals surface area contributed by atoms with Gasteiger partial charge in [-0.2, -0.15) is 0 Å². The minimum Gasteiger partial charge on any atom is -0.444 e. The number of amides is 1. The highest BCUT2D eigenvalue weighted by molar-refractivity contribution is 5.69. The highest BCUT2D eigenvalue weighted by Gasteiger charge is 2.35. The van der Waals surface area contributed by atoms with E-state index in [0.717, 1.165) is 29.9 Å². The Morgan fingerprint density at radius 2 is 2.12 bits per heavy atom. The number of likely N-dealkylation sites (tertiary alicyclic amines) is 1. The maximum absolute atomic E-state index is 12.4. The van der Waals surface area contributed by atoms with Crippen LogP contribution >= 0.6 is 0 Å². The number of aryl methyl sites for hydroxylation is 1. The van der Waals surface area contributed by atoms with Gasteiger partial charge in [0.1, 0.15) is 11.3 Å². The molecule has 1 aliphatic rings. The lowest BCUT2D eigenvalue weighted by molar-refractivity contribution is 0.0219. The molecular formula is C19H24N2O3. The number of carbonyl (C=O) groups excluding carboxylic acids is 1. The molecule has 0 aliphatic carbocycles. The SMILES string of the molecule is Cc1cccc(-c2cc([C@H]3CCCN3C(=O)OC(C)(C)C)no2)c1. The van der Waals surface area contributed by atoms with Crippen molar-refractivity contribution in [1.29, 1.82) is 0 Å². The average Bonchev–Trinajstić information content (AvgIpc) is 3.14. The molecule has 0 N–H and O–H groups in total. The molecule has 128 valence electrons. The van der Waals surface area contributed by atoms with Crippen LogP contribution in [0, 0.1) is 6.92 Å². The second-order valence-electron chi connectivity index (χ2n) is 7.32. The zero-order valence-electron chi connectivity index (χ0n) is 14.7. The van der Waals surface area contributed by atoms with Gasteiger partial charge in [0.05, 0.1) is 6.04 Å². The zero-order chi connectivity index (χ0) is 17.3. The fraction of sp³-hybridized carbons (Fsp3) is 0.474. The maximum Gasteiger partial charge on any atom is 0.410 e. The number of ether oxygens (including phenoxy) is 1. The second kappa shape index (κ2) is 6.30. The van der Waals surface area contributed by atoms with Gasteiger partial charge in [0.25, 0.3) is 0 Å². The van der Waals surface area contributed by atoms with Crippen LogP contribution in [0.2, 0.25) is 0 Å². The van der Waals surface area contributed by atoms with Crippen molar-refractivity contribution in [1.82, 2.24) is 10.1 Å². The van der Waals surface area contributed by atoms with Gasteiger partial charge < -0.3 is 9.26 Å². The van der Waals surface area contributed by atoms with Crippen LogP contribution in [-0.2, 0) is 4.74 Å². The van der Waals surface area contributed by atoms with Crippen molar-refractivity contribution >= 4 is 6.09 Å². The van der Waals surface area contributed by atoms with Crippen molar-refractivity contribution in [2.75, 3.05) is 6.54 Å². The zero-order valence-corrected chi connectivity index (χ0v) is 14.7. The lowest BCUT2D eigenvalue weighted by Gasteiger charge is -2.27. The summed E-state index contributed by atoms with van der Waals surface area (Å²) in [5, 5.41) is 4.21. The summed E-state index contributed by atoms with van der Waals surface area (Å²) in [6.07, 6.45) is 1.53. The summed E-state index contributed by atoms with van der Waals surface area (Å²) in [6, 6.07) is 9.95. The highest BCUT2D eigenvalue weighted by Crippen LogP contribution is 2.34. The minimum absolute atomic E-state index is 0.0813. The van der Waals surface area contributed by atoms with Crippen molar-refractivity contribution in [2.45, 2.75) is 52.2 Å². The van der Waals surface area contributed by atoms with Crippen molar-refractivity contribution in [2.24, 2.45) is 0 Å². The molecule has 1 amide bonds. The largest absolute Gasteiger partial charge is 0.444 e. The van der Waals surface area contributed by atoms with Crippen molar-refractivity contribution < 1.29 is 14.1 Å². The Morgan fingerprint density at radius 3 is 2.83 bits per heavy atom. The smallest absolute Gasteiger partial charge is 0.410 e. The molecule has 5 nitrogen and oxygen atoms in total. The van der Waals surface area contributed by atoms with Gasteiger partial charge in [0.15, 0.2) is 5.76 Å². The Bertz CT molecular complexity index is 730. The van der Waals surface area contributed by atoms with E-state index in [1.165, 1.54) is 5.56 Å². The van der Waals surface area contributed by atoms with Crippen LogP contribution < -0.4 is 0 Å². The van der Waals surface area contributed by atoms with Crippen molar-refractivity contribution in [3.8, 4) is 11.3 Å². The normalized spacial score (nSPS) is 18.0. The third kappa shape index (κ3) is 3.61. The molecule has 2 heterocycles. The van der Waals surface area contributed by atoms with E-state index in [0.29, 0.717) is 6.54 Å². The van der Waals surface area contributed by atoms with Crippen LogP contribution in [0.25, 0.3) is 11.3 Å². The van der Waals surface area contributed by atoms with Crippen LogP contribution in [0.3, 0.4) is 0 Å². The molecule has 1 aromatic heterocycles. The molecule has 0 spiro atoms. The van der Waals surface area contributed by atoms with Gasteiger partial charge >= 0.3 is 6.09 Å². The summed E-state index contributed by atoms with van der Waals surface area (Å²) in [5.74, 6) is 0.727. The molecule has 0 unspecified atom stereocenters. The summed E-state index contributed by atoms with van der Waals surface area (Å²) in [4.78, 5) is 14.2. The number of hydrogen-bond donors (Lipinski definition) is 0. The molecule has 2 aromatic rings. The van der Waals surface area contributed by atoms with Crippen molar-refractivity contribution in [3.63, 3.8) is 0 Å². The van der Waals surface area contributed by atoms with Crippen LogP contribution in [0.5, 0.6) is 0 Å². The lowest BCUT2D eigenvalue weighted by Crippen LogP contribution is -2.36. The predicted octanol–water partition coefficient (Wildman–Crippen LogP) is 4.72. The van der Waals surface area contributed by atoms with Crippen LogP contribution in [0.15, 0.2) is 34.9 Å². The van der Waals surface area contributed by atoms with E-state index in [4.69, 9.17) is 9.26 Å². The quantitative estimate of drug-likeness (QED) is 0.800. The molecule has 0 bridgehead atoms. The van der Waals surface area contributed by atoms with Crippen molar-refractivity contribution in [3.05, 3.63) is 41.6 Å². The van der Waals surface area contributed by atoms with Gasteiger partial charge in [0.2, 0.25) is 0 Å². The summed E-state index contributed by atoms with van der Waals surface area (Å²) < 4.78 is 11.0. The molecule has 1 atom stereocenters. The van der Waals surface area contributed by atoms with E-state index in [1.807, 2.05) is 52.0 Å². The van der Waals surface area contributed by atoms with Gasteiger partial charge in [0, 0.05) is 18.2 Å². The maximum atomic E-state index is 12.4. The number of carbonyl (C=O) groups is 1. The lowest BCUT2D eigenvalue weighted by atomic mass is 10.1. The van der Waals surface area contributed by atoms with E-state index in [2.05, 4.69) is 11.2 Å². The Balaban J connectivity index is 1.80. The molecular weight excluding hydrogens is 304 g/mol. The number of aromatic nitrogens is 1. The molecule has 1 aromatic carbocycles. The van der Waals surface area contributed by atoms with E-state index < -0.39 is 5.60 Å². The molecule has 1 fully saturated rings. The Kier molecular flexibility index (Phi) is 4.35. The fourth-order valence-corrected chi connectivity index (χ4v) is 2.99. The fourth-order valence-electron chi connectivity index (χ4n) is 2.99. The molecule has 0 radical (unpaired) electrons. The third-order valence-electron chi connectivity index (χ3n) is 4.05. The monoisotopic (exact) mass is 328 g/mol. The van der Waals surface area contributed by atoms with E-state index in [-0.39, 0.29) is 12.1 Å². The van der Waals surface area contributed by atoms with Gasteiger partial charge in [-0.15, -0.1) is 0 Å². The summed E-state index contributed by atoms with van der Waals surface area (Å²) in [6.45, 7) is 8.36. The summed E-state index contributed by atoms with van der Waals surface area (Å²) in [5.41, 5.74) is 2.45. The minimum atomic E-state index is -0.499. The second-order valence-corrected chi connectivity index (χ2v) is 7.32. The van der Waals surface area contributed by atoms with Crippen LogP contribution in [0.1, 0.15) is 50.9 Å². The molecule has 1 saturated heterocycles. The van der Waals surface area contributed by atoms with E-state index in [1.54, 1.807) is 4.90 Å². The molecule has 3 rings (SSSR count). The molecule has 24 heavy (non-hydrogen) atoms. The Labute approximate surface area is 142 Å². The number of benzene rings is 1. The molecule has 5 heteroatoms. The number of rotatable bonds is 2. The first kappa shape index (κ1) is 16.6. The number of hydrogen-bond acceptors (Lipinski definition) is 4. The molecule has 1 aliphatic heterocycles. The van der Waals surface area contributed by atoms with Gasteiger partial charge in [-0.3, -0.25) is 4.90 Å². The summed E-state index contributed by atoms with van der Waals surface area (Å²) >= 11 is 0. The first-order valence-corrected chi connectivity index (χ1v) is 8.37. The third-order valence-corrected chi connectivity index (χ3v) is 4.05. The highest BCUT2D eigenvalue weighted by atomic mass is 16.6. The first-order chi connectivity index (χ1) is 11.3. The van der Waals surface area contributed by atoms with E-state index in [9.17, 15) is 4.79 Å². The van der Waals surface area contributed by atoms with Crippen LogP contribution in [0.4, 0.5) is 4.79 Å². The van der Waals surface area contributed by atoms with E-state index >= 15 is 0 Å². The standard InChI is InChI=1S/C19H24N2O3/c1-13-7-5-8-14(11-13)17-12-15(20-24-17)16-9-6-10-21(16)18(22)23-19(2,3)4/h5,7-8,11-12,16H,6,9-10H2,1-4H3/t16-/m1/s1. The first-order valence-electron chi connectivity index (χ1n) is 8.37. The Hall–Kier alpha value is -2.30. The average molecular weight is 328 g/mol. The van der Waals surface area contributed by atoms with Gasteiger partial charge in [-0.1, -0.05) is 28.9 Å². The Morgan fingerprint density at radius 1 is 1.33 bits per heavy atom. The van der Waals surface area contributed by atoms with Gasteiger partial charge in [-0.25, -0.2) is 4.79 Å². The van der Waals surface area contributed by atoms with Gasteiger partial charge in [-0.05, 0) is 46.6 Å². The molecule has 0 saturated carbocycles. The predicted molar refractivity (Wildman–Crippen MR) is 91.6 cm³/mol. The summed E-state index contributed by atoms with van der Waals surface area (Å²) in [7, 11) is 0. The number of nitrogens with zero attached hydrogens (tertiary/aromatic N) is 2.